The second-order valence-corrected chi connectivity index (χ2v) is 6.28. The van der Waals surface area contributed by atoms with E-state index >= 15 is 0 Å². The Morgan fingerprint density at radius 2 is 2.05 bits per heavy atom. The van der Waals surface area contributed by atoms with Crippen molar-refractivity contribution in [1.82, 2.24) is 5.32 Å². The van der Waals surface area contributed by atoms with Gasteiger partial charge in [-0.3, -0.25) is 4.79 Å². The summed E-state index contributed by atoms with van der Waals surface area (Å²) < 4.78 is 5.12. The van der Waals surface area contributed by atoms with Crippen LogP contribution in [0.25, 0.3) is 0 Å². The van der Waals surface area contributed by atoms with Gasteiger partial charge in [0.25, 0.3) is 0 Å². The third kappa shape index (κ3) is 6.03. The number of benzene rings is 1. The predicted molar refractivity (Wildman–Crippen MR) is 89.2 cm³/mol. The highest BCUT2D eigenvalue weighted by Crippen LogP contribution is 2.17. The zero-order valence-electron chi connectivity index (χ0n) is 14.1. The van der Waals surface area contributed by atoms with Crippen molar-refractivity contribution in [3.63, 3.8) is 0 Å². The standard InChI is InChI=1S/C17H28N2O3/c1-12(2)17(4,21)11-18-13(3)9-16(20)19-14-7-6-8-15(10-14)22-5/h6-8,10,12-13,18,21H,9,11H2,1-5H3,(H,19,20). The second kappa shape index (κ2) is 8.15. The molecule has 2 unspecified atom stereocenters. The Morgan fingerprint density at radius 3 is 2.64 bits per heavy atom. The Bertz CT molecular complexity index is 487. The molecule has 0 saturated heterocycles. The van der Waals surface area contributed by atoms with Crippen LogP contribution in [0.4, 0.5) is 5.69 Å². The largest absolute Gasteiger partial charge is 0.497 e. The molecule has 3 N–H and O–H groups in total. The fourth-order valence-corrected chi connectivity index (χ4v) is 1.85. The van der Waals surface area contributed by atoms with E-state index in [1.54, 1.807) is 20.1 Å². The van der Waals surface area contributed by atoms with Crippen molar-refractivity contribution in [3.05, 3.63) is 24.3 Å². The van der Waals surface area contributed by atoms with Gasteiger partial charge in [0.05, 0.1) is 12.7 Å². The molecule has 0 aliphatic rings. The maximum atomic E-state index is 12.0. The molecule has 5 nitrogen and oxygen atoms in total. The summed E-state index contributed by atoms with van der Waals surface area (Å²) in [7, 11) is 1.59. The number of aliphatic hydroxyl groups is 1. The van der Waals surface area contributed by atoms with Gasteiger partial charge in [-0.05, 0) is 31.9 Å². The molecular formula is C17H28N2O3. The van der Waals surface area contributed by atoms with Gasteiger partial charge in [-0.15, -0.1) is 0 Å². The lowest BCUT2D eigenvalue weighted by atomic mass is 9.92. The molecule has 0 fully saturated rings. The molecule has 1 aromatic rings. The average molecular weight is 308 g/mol. The molecule has 22 heavy (non-hydrogen) atoms. The highest BCUT2D eigenvalue weighted by atomic mass is 16.5. The molecule has 1 rings (SSSR count). The number of anilines is 1. The van der Waals surface area contributed by atoms with E-state index in [1.807, 2.05) is 39.0 Å². The first-order valence-electron chi connectivity index (χ1n) is 7.64. The van der Waals surface area contributed by atoms with Gasteiger partial charge in [0.15, 0.2) is 0 Å². The first-order valence-corrected chi connectivity index (χ1v) is 7.64. The summed E-state index contributed by atoms with van der Waals surface area (Å²) in [5, 5.41) is 16.2. The van der Waals surface area contributed by atoms with Gasteiger partial charge in [-0.1, -0.05) is 19.9 Å². The van der Waals surface area contributed by atoms with Crippen molar-refractivity contribution >= 4 is 11.6 Å². The topological polar surface area (TPSA) is 70.6 Å². The summed E-state index contributed by atoms with van der Waals surface area (Å²) in [6, 6.07) is 7.24. The van der Waals surface area contributed by atoms with Gasteiger partial charge < -0.3 is 20.5 Å². The normalized spacial score (nSPS) is 15.2. The fraction of sp³-hybridized carbons (Fsp3) is 0.588. The van der Waals surface area contributed by atoms with Crippen molar-refractivity contribution in [2.75, 3.05) is 19.0 Å². The monoisotopic (exact) mass is 308 g/mol. The molecular weight excluding hydrogens is 280 g/mol. The van der Waals surface area contributed by atoms with Crippen molar-refractivity contribution in [2.24, 2.45) is 5.92 Å². The molecule has 0 saturated carbocycles. The van der Waals surface area contributed by atoms with Gasteiger partial charge >= 0.3 is 0 Å². The zero-order chi connectivity index (χ0) is 16.8. The molecule has 0 spiro atoms. The first kappa shape index (κ1) is 18.5. The van der Waals surface area contributed by atoms with E-state index < -0.39 is 5.60 Å². The van der Waals surface area contributed by atoms with Gasteiger partial charge in [0, 0.05) is 30.8 Å². The molecule has 1 amide bonds. The smallest absolute Gasteiger partial charge is 0.225 e. The van der Waals surface area contributed by atoms with E-state index in [2.05, 4.69) is 10.6 Å². The van der Waals surface area contributed by atoms with Crippen LogP contribution in [0.1, 0.15) is 34.1 Å². The minimum absolute atomic E-state index is 0.0177. The minimum atomic E-state index is -0.780. The maximum absolute atomic E-state index is 12.0. The van der Waals surface area contributed by atoms with E-state index in [0.717, 1.165) is 0 Å². The van der Waals surface area contributed by atoms with Crippen molar-refractivity contribution in [3.8, 4) is 5.75 Å². The van der Waals surface area contributed by atoms with Crippen LogP contribution in [-0.4, -0.2) is 36.3 Å². The van der Waals surface area contributed by atoms with E-state index in [9.17, 15) is 9.90 Å². The second-order valence-electron chi connectivity index (χ2n) is 6.28. The van der Waals surface area contributed by atoms with Crippen LogP contribution in [0.5, 0.6) is 5.75 Å². The quantitative estimate of drug-likeness (QED) is 0.690. The number of rotatable bonds is 8. The number of ether oxygens (including phenoxy) is 1. The van der Waals surface area contributed by atoms with E-state index in [-0.39, 0.29) is 17.9 Å². The first-order chi connectivity index (χ1) is 10.2. The lowest BCUT2D eigenvalue weighted by Gasteiger charge is -2.29. The van der Waals surface area contributed by atoms with Crippen molar-refractivity contribution < 1.29 is 14.6 Å². The van der Waals surface area contributed by atoms with Gasteiger partial charge in [-0.2, -0.15) is 0 Å². The van der Waals surface area contributed by atoms with Gasteiger partial charge in [0.2, 0.25) is 5.91 Å². The number of carbonyl (C=O) groups excluding carboxylic acids is 1. The molecule has 124 valence electrons. The number of hydrogen-bond donors (Lipinski definition) is 3. The Labute approximate surface area is 133 Å². The molecule has 0 aliphatic heterocycles. The van der Waals surface area contributed by atoms with Crippen LogP contribution in [0.2, 0.25) is 0 Å². The van der Waals surface area contributed by atoms with Crippen molar-refractivity contribution in [2.45, 2.75) is 45.8 Å². The average Bonchev–Trinajstić information content (AvgIpc) is 2.45. The summed E-state index contributed by atoms with van der Waals surface area (Å²) in [6.45, 7) is 8.14. The third-order valence-electron chi connectivity index (χ3n) is 3.90. The number of nitrogens with one attached hydrogen (secondary N) is 2. The molecule has 1 aromatic carbocycles. The highest BCUT2D eigenvalue weighted by molar-refractivity contribution is 5.91. The minimum Gasteiger partial charge on any atom is -0.497 e. The summed E-state index contributed by atoms with van der Waals surface area (Å²) in [6.07, 6.45) is 0.339. The summed E-state index contributed by atoms with van der Waals surface area (Å²) in [4.78, 5) is 12.0. The lowest BCUT2D eigenvalue weighted by molar-refractivity contribution is -0.116. The Morgan fingerprint density at radius 1 is 1.36 bits per heavy atom. The Hall–Kier alpha value is -1.59. The molecule has 0 bridgehead atoms. The van der Waals surface area contributed by atoms with Crippen LogP contribution in [0.3, 0.4) is 0 Å². The molecule has 5 heteroatoms. The number of hydrogen-bond acceptors (Lipinski definition) is 4. The molecule has 2 atom stereocenters. The molecule has 0 aliphatic carbocycles. The third-order valence-corrected chi connectivity index (χ3v) is 3.90. The maximum Gasteiger partial charge on any atom is 0.225 e. The van der Waals surface area contributed by atoms with E-state index in [1.165, 1.54) is 0 Å². The fourth-order valence-electron chi connectivity index (χ4n) is 1.85. The van der Waals surface area contributed by atoms with Crippen LogP contribution in [0, 0.1) is 5.92 Å². The number of amides is 1. The van der Waals surface area contributed by atoms with Gasteiger partial charge in [-0.25, -0.2) is 0 Å². The molecule has 0 aromatic heterocycles. The Balaban J connectivity index is 2.44. The summed E-state index contributed by atoms with van der Waals surface area (Å²) >= 11 is 0. The van der Waals surface area contributed by atoms with Crippen LogP contribution in [-0.2, 0) is 4.79 Å². The van der Waals surface area contributed by atoms with E-state index in [0.29, 0.717) is 24.4 Å². The van der Waals surface area contributed by atoms with Crippen LogP contribution < -0.4 is 15.4 Å². The SMILES string of the molecule is COc1cccc(NC(=O)CC(C)NCC(C)(O)C(C)C)c1. The number of methoxy groups -OCH3 is 1. The van der Waals surface area contributed by atoms with Crippen LogP contribution in [0.15, 0.2) is 24.3 Å². The highest BCUT2D eigenvalue weighted by Gasteiger charge is 2.25. The van der Waals surface area contributed by atoms with Gasteiger partial charge in [0.1, 0.15) is 5.75 Å². The summed E-state index contributed by atoms with van der Waals surface area (Å²) in [5.74, 6) is 0.784. The zero-order valence-corrected chi connectivity index (χ0v) is 14.1. The van der Waals surface area contributed by atoms with Crippen LogP contribution >= 0.6 is 0 Å². The predicted octanol–water partition coefficient (Wildman–Crippen LogP) is 2.41. The molecule has 0 heterocycles. The lowest BCUT2D eigenvalue weighted by Crippen LogP contribution is -2.45. The number of carbonyl (C=O) groups is 1. The summed E-state index contributed by atoms with van der Waals surface area (Å²) in [5.41, 5.74) is -0.0666. The molecule has 0 radical (unpaired) electrons. The van der Waals surface area contributed by atoms with E-state index in [4.69, 9.17) is 4.74 Å². The Kier molecular flexibility index (Phi) is 6.84. The van der Waals surface area contributed by atoms with Crippen molar-refractivity contribution in [1.29, 1.82) is 0 Å².